The summed E-state index contributed by atoms with van der Waals surface area (Å²) in [5, 5.41) is 11.6. The first-order chi connectivity index (χ1) is 16.8. The van der Waals surface area contributed by atoms with Crippen LogP contribution in [0.2, 0.25) is 5.02 Å². The lowest BCUT2D eigenvalue weighted by atomic mass is 9.95. The number of hydrogen-bond acceptors (Lipinski definition) is 5. The number of Topliss-reactive ketones (excluding diaryl/α,β-unsaturated/α-hetero) is 1. The lowest BCUT2D eigenvalue weighted by Crippen LogP contribution is -2.29. The van der Waals surface area contributed by atoms with E-state index in [0.717, 1.165) is 11.3 Å². The second-order valence-electron chi connectivity index (χ2n) is 8.52. The number of hydrogen-bond donors (Lipinski definition) is 1. The Kier molecular flexibility index (Phi) is 7.12. The van der Waals surface area contributed by atoms with E-state index in [0.29, 0.717) is 21.9 Å². The second kappa shape index (κ2) is 10.2. The van der Waals surface area contributed by atoms with Crippen molar-refractivity contribution in [1.82, 2.24) is 4.90 Å². The number of benzene rings is 3. The first-order valence-corrected chi connectivity index (χ1v) is 11.6. The molecule has 1 fully saturated rings. The standard InChI is InChI=1S/C28H26ClNO5/c1-17(2)35-23-11-7-18(8-12-23)16-30-25(19-9-13-22(34-3)14-10-19)24(27(32)28(30)33)26(31)20-5-4-6-21(29)15-20/h4-15,17,25,31H,16H2,1-3H3/b26-24-. The average molecular weight is 492 g/mol. The highest BCUT2D eigenvalue weighted by Crippen LogP contribution is 2.41. The van der Waals surface area contributed by atoms with Crippen LogP contribution in [0.15, 0.2) is 78.4 Å². The number of carbonyl (C=O) groups is 2. The molecular weight excluding hydrogens is 466 g/mol. The van der Waals surface area contributed by atoms with Gasteiger partial charge in [0.15, 0.2) is 0 Å². The molecule has 7 heteroatoms. The largest absolute Gasteiger partial charge is 0.507 e. The Balaban J connectivity index is 1.77. The Labute approximate surface area is 209 Å². The van der Waals surface area contributed by atoms with Crippen LogP contribution < -0.4 is 9.47 Å². The lowest BCUT2D eigenvalue weighted by Gasteiger charge is -2.25. The maximum atomic E-state index is 13.2. The molecular formula is C28H26ClNO5. The van der Waals surface area contributed by atoms with Crippen molar-refractivity contribution < 1.29 is 24.2 Å². The van der Waals surface area contributed by atoms with Crippen molar-refractivity contribution in [3.63, 3.8) is 0 Å². The fourth-order valence-electron chi connectivity index (χ4n) is 4.11. The van der Waals surface area contributed by atoms with Gasteiger partial charge in [-0.05, 0) is 61.4 Å². The van der Waals surface area contributed by atoms with Crippen molar-refractivity contribution in [2.24, 2.45) is 0 Å². The van der Waals surface area contributed by atoms with Gasteiger partial charge >= 0.3 is 0 Å². The summed E-state index contributed by atoms with van der Waals surface area (Å²) in [4.78, 5) is 27.9. The summed E-state index contributed by atoms with van der Waals surface area (Å²) in [6.45, 7) is 4.07. The van der Waals surface area contributed by atoms with Crippen LogP contribution in [0.4, 0.5) is 0 Å². The zero-order valence-corrected chi connectivity index (χ0v) is 20.5. The van der Waals surface area contributed by atoms with Crippen LogP contribution in [-0.4, -0.2) is 34.9 Å². The van der Waals surface area contributed by atoms with Gasteiger partial charge in [0.25, 0.3) is 11.7 Å². The summed E-state index contributed by atoms with van der Waals surface area (Å²) in [5.74, 6) is -0.338. The minimum Gasteiger partial charge on any atom is -0.507 e. The molecule has 4 rings (SSSR count). The molecule has 1 saturated heterocycles. The number of halogens is 1. The van der Waals surface area contributed by atoms with Crippen LogP contribution >= 0.6 is 11.6 Å². The van der Waals surface area contributed by atoms with Gasteiger partial charge < -0.3 is 19.5 Å². The van der Waals surface area contributed by atoms with Gasteiger partial charge in [0.2, 0.25) is 0 Å². The third-order valence-corrected chi connectivity index (χ3v) is 5.95. The van der Waals surface area contributed by atoms with Crippen LogP contribution in [0.25, 0.3) is 5.76 Å². The number of amides is 1. The fraction of sp³-hybridized carbons (Fsp3) is 0.214. The van der Waals surface area contributed by atoms with E-state index < -0.39 is 17.7 Å². The van der Waals surface area contributed by atoms with Crippen molar-refractivity contribution >= 4 is 29.1 Å². The zero-order chi connectivity index (χ0) is 25.1. The molecule has 0 saturated carbocycles. The molecule has 0 radical (unpaired) electrons. The summed E-state index contributed by atoms with van der Waals surface area (Å²) >= 11 is 6.11. The molecule has 0 spiro atoms. The number of methoxy groups -OCH3 is 1. The first kappa shape index (κ1) is 24.4. The number of ketones is 1. The van der Waals surface area contributed by atoms with Crippen molar-refractivity contribution in [2.45, 2.75) is 32.5 Å². The molecule has 1 aliphatic heterocycles. The Bertz CT molecular complexity index is 1270. The molecule has 1 aliphatic rings. The minimum atomic E-state index is -0.786. The topological polar surface area (TPSA) is 76.1 Å². The van der Waals surface area contributed by atoms with E-state index in [4.69, 9.17) is 21.1 Å². The second-order valence-corrected chi connectivity index (χ2v) is 8.96. The maximum Gasteiger partial charge on any atom is 0.295 e. The molecule has 3 aromatic carbocycles. The average Bonchev–Trinajstić information content (AvgIpc) is 3.09. The minimum absolute atomic E-state index is 0.0159. The molecule has 3 aromatic rings. The summed E-state index contributed by atoms with van der Waals surface area (Å²) in [6.07, 6.45) is 0.0419. The highest BCUT2D eigenvalue weighted by molar-refractivity contribution is 6.46. The van der Waals surface area contributed by atoms with Gasteiger partial charge in [0.1, 0.15) is 17.3 Å². The van der Waals surface area contributed by atoms with Crippen LogP contribution in [-0.2, 0) is 16.1 Å². The molecule has 1 unspecified atom stereocenters. The van der Waals surface area contributed by atoms with E-state index in [9.17, 15) is 14.7 Å². The van der Waals surface area contributed by atoms with Crippen LogP contribution in [0.1, 0.15) is 36.6 Å². The molecule has 0 aromatic heterocycles. The quantitative estimate of drug-likeness (QED) is 0.258. The van der Waals surface area contributed by atoms with Crippen molar-refractivity contribution in [3.05, 3.63) is 100 Å². The number of carbonyl (C=O) groups excluding carboxylic acids is 2. The van der Waals surface area contributed by atoms with Gasteiger partial charge in [-0.15, -0.1) is 0 Å². The Morgan fingerprint density at radius 2 is 1.66 bits per heavy atom. The highest BCUT2D eigenvalue weighted by atomic mass is 35.5. The van der Waals surface area contributed by atoms with Gasteiger partial charge in [0, 0.05) is 17.1 Å². The molecule has 1 atom stereocenters. The molecule has 6 nitrogen and oxygen atoms in total. The maximum absolute atomic E-state index is 13.2. The van der Waals surface area contributed by atoms with Crippen LogP contribution in [0.3, 0.4) is 0 Å². The predicted molar refractivity (Wildman–Crippen MR) is 134 cm³/mol. The van der Waals surface area contributed by atoms with Crippen LogP contribution in [0.5, 0.6) is 11.5 Å². The smallest absolute Gasteiger partial charge is 0.295 e. The Morgan fingerprint density at radius 1 is 1.00 bits per heavy atom. The monoisotopic (exact) mass is 491 g/mol. The van der Waals surface area contributed by atoms with E-state index >= 15 is 0 Å². The van der Waals surface area contributed by atoms with E-state index in [1.165, 1.54) is 4.90 Å². The number of ether oxygens (including phenoxy) is 2. The molecule has 1 amide bonds. The Morgan fingerprint density at radius 3 is 2.26 bits per heavy atom. The number of rotatable bonds is 7. The predicted octanol–water partition coefficient (Wildman–Crippen LogP) is 5.76. The molecule has 0 bridgehead atoms. The Hall–Kier alpha value is -3.77. The van der Waals surface area contributed by atoms with Crippen molar-refractivity contribution in [3.8, 4) is 11.5 Å². The van der Waals surface area contributed by atoms with Gasteiger partial charge in [0.05, 0.1) is 24.8 Å². The highest BCUT2D eigenvalue weighted by Gasteiger charge is 2.46. The third-order valence-electron chi connectivity index (χ3n) is 5.72. The van der Waals surface area contributed by atoms with E-state index in [1.54, 1.807) is 55.6 Å². The first-order valence-electron chi connectivity index (χ1n) is 11.2. The normalized spacial score (nSPS) is 17.2. The molecule has 35 heavy (non-hydrogen) atoms. The molecule has 1 heterocycles. The molecule has 1 N–H and O–H groups in total. The molecule has 180 valence electrons. The molecule has 0 aliphatic carbocycles. The van der Waals surface area contributed by atoms with E-state index in [2.05, 4.69) is 0 Å². The summed E-state index contributed by atoms with van der Waals surface area (Å²) in [6, 6.07) is 20.2. The van der Waals surface area contributed by atoms with Gasteiger partial charge in [-0.25, -0.2) is 0 Å². The van der Waals surface area contributed by atoms with E-state index in [1.807, 2.05) is 38.1 Å². The van der Waals surface area contributed by atoms with Crippen LogP contribution in [0, 0.1) is 0 Å². The fourth-order valence-corrected chi connectivity index (χ4v) is 4.30. The summed E-state index contributed by atoms with van der Waals surface area (Å²) in [5.41, 5.74) is 1.88. The third kappa shape index (κ3) is 5.17. The summed E-state index contributed by atoms with van der Waals surface area (Å²) < 4.78 is 11.0. The van der Waals surface area contributed by atoms with Gasteiger partial charge in [-0.2, -0.15) is 0 Å². The number of likely N-dealkylation sites (tertiary alicyclic amines) is 1. The van der Waals surface area contributed by atoms with Gasteiger partial charge in [-0.3, -0.25) is 9.59 Å². The number of nitrogens with zero attached hydrogens (tertiary/aromatic N) is 1. The lowest BCUT2D eigenvalue weighted by molar-refractivity contribution is -0.140. The SMILES string of the molecule is COc1ccc(C2/C(=C(/O)c3cccc(Cl)c3)C(=O)C(=O)N2Cc2ccc(OC(C)C)cc2)cc1. The number of aliphatic hydroxyl groups excluding tert-OH is 1. The summed E-state index contributed by atoms with van der Waals surface area (Å²) in [7, 11) is 1.56. The number of aliphatic hydroxyl groups is 1. The van der Waals surface area contributed by atoms with E-state index in [-0.39, 0.29) is 24.0 Å². The zero-order valence-electron chi connectivity index (χ0n) is 19.7. The van der Waals surface area contributed by atoms with Crippen molar-refractivity contribution in [1.29, 1.82) is 0 Å². The van der Waals surface area contributed by atoms with Crippen molar-refractivity contribution in [2.75, 3.05) is 7.11 Å². The van der Waals surface area contributed by atoms with Gasteiger partial charge in [-0.1, -0.05) is 48.0 Å².